The number of aryl methyl sites for hydroxylation is 2. The average Bonchev–Trinajstić information content (AvgIpc) is 3.30. The lowest BCUT2D eigenvalue weighted by atomic mass is 10.1. The Hall–Kier alpha value is -4.17. The first kappa shape index (κ1) is 32.3. The van der Waals surface area contributed by atoms with E-state index in [2.05, 4.69) is 20.6 Å². The van der Waals surface area contributed by atoms with Crippen LogP contribution in [0.3, 0.4) is 0 Å². The molecule has 3 aromatic rings. The van der Waals surface area contributed by atoms with Crippen molar-refractivity contribution in [3.63, 3.8) is 0 Å². The lowest BCUT2D eigenvalue weighted by Gasteiger charge is -2.24. The summed E-state index contributed by atoms with van der Waals surface area (Å²) < 4.78 is 65.2. The largest absolute Gasteiger partial charge is 0.372 e. The first-order valence-corrected chi connectivity index (χ1v) is 15.8. The minimum atomic E-state index is -4.45. The Morgan fingerprint density at radius 3 is 2.40 bits per heavy atom. The van der Waals surface area contributed by atoms with Crippen molar-refractivity contribution in [2.24, 2.45) is 10.2 Å². The number of hydrogen-bond acceptors (Lipinski definition) is 10. The molecule has 0 fully saturated rings. The number of rotatable bonds is 12. The molecular weight excluding hydrogens is 586 g/mol. The van der Waals surface area contributed by atoms with Crippen LogP contribution in [0.1, 0.15) is 43.4 Å². The Labute approximate surface area is 244 Å². The van der Waals surface area contributed by atoms with Crippen LogP contribution < -0.4 is 10.2 Å². The molecule has 1 heterocycles. The van der Waals surface area contributed by atoms with Crippen LogP contribution >= 0.6 is 0 Å². The van der Waals surface area contributed by atoms with E-state index in [1.165, 1.54) is 36.9 Å². The van der Waals surface area contributed by atoms with Gasteiger partial charge in [-0.25, -0.2) is 4.68 Å². The topological polar surface area (TPSA) is 207 Å². The van der Waals surface area contributed by atoms with E-state index in [1.54, 1.807) is 25.1 Å². The van der Waals surface area contributed by atoms with Gasteiger partial charge in [-0.05, 0) is 75.1 Å². The van der Waals surface area contributed by atoms with Gasteiger partial charge in [0.05, 0.1) is 28.2 Å². The number of carbonyl (C=O) groups is 1. The minimum absolute atomic E-state index is 0.0616. The second kappa shape index (κ2) is 13.2. The third-order valence-corrected chi connectivity index (χ3v) is 8.03. The molecule has 0 aliphatic rings. The van der Waals surface area contributed by atoms with E-state index in [4.69, 9.17) is 4.55 Å². The average molecular weight is 618 g/mol. The van der Waals surface area contributed by atoms with Crippen molar-refractivity contribution in [2.75, 3.05) is 29.1 Å². The van der Waals surface area contributed by atoms with Gasteiger partial charge in [-0.2, -0.15) is 27.2 Å². The molecule has 3 rings (SSSR count). The summed E-state index contributed by atoms with van der Waals surface area (Å²) in [5.41, 5.74) is 2.57. The second-order valence-corrected chi connectivity index (χ2v) is 12.4. The van der Waals surface area contributed by atoms with Crippen LogP contribution in [0.4, 0.5) is 22.9 Å². The van der Waals surface area contributed by atoms with Crippen molar-refractivity contribution in [1.82, 2.24) is 9.78 Å². The van der Waals surface area contributed by atoms with Crippen LogP contribution in [0.15, 0.2) is 51.7 Å². The first-order chi connectivity index (χ1) is 19.6. The number of unbranched alkanes of at least 4 members (excludes halogenated alkanes) is 1. The zero-order chi connectivity index (χ0) is 31.2. The summed E-state index contributed by atoms with van der Waals surface area (Å²) in [7, 11) is -8.48. The highest BCUT2D eigenvalue weighted by Crippen LogP contribution is 2.34. The molecule has 14 nitrogen and oxygen atoms in total. The number of anilines is 2. The number of amides is 1. The molecule has 3 N–H and O–H groups in total. The molecule has 0 aliphatic heterocycles. The number of nitrogens with zero attached hydrogens (tertiary/aromatic N) is 6. The van der Waals surface area contributed by atoms with E-state index in [0.717, 1.165) is 5.69 Å². The fourth-order valence-electron chi connectivity index (χ4n) is 4.23. The summed E-state index contributed by atoms with van der Waals surface area (Å²) in [4.78, 5) is 13.7. The fraction of sp³-hybridized carbons (Fsp3) is 0.346. The third kappa shape index (κ3) is 8.19. The zero-order valence-electron chi connectivity index (χ0n) is 23.4. The van der Waals surface area contributed by atoms with Gasteiger partial charge < -0.3 is 10.2 Å². The molecule has 0 saturated carbocycles. The summed E-state index contributed by atoms with van der Waals surface area (Å²) >= 11 is 0. The lowest BCUT2D eigenvalue weighted by Crippen LogP contribution is -2.24. The van der Waals surface area contributed by atoms with Crippen LogP contribution in [0.25, 0.3) is 5.69 Å². The summed E-state index contributed by atoms with van der Waals surface area (Å²) in [5, 5.41) is 25.2. The van der Waals surface area contributed by atoms with Gasteiger partial charge in [0, 0.05) is 25.7 Å². The molecule has 0 saturated heterocycles. The number of benzene rings is 2. The van der Waals surface area contributed by atoms with Crippen LogP contribution in [0.5, 0.6) is 0 Å². The van der Waals surface area contributed by atoms with Crippen molar-refractivity contribution in [3.05, 3.63) is 53.2 Å². The predicted octanol–water partition coefficient (Wildman–Crippen LogP) is 4.48. The normalized spacial score (nSPS) is 11.9. The van der Waals surface area contributed by atoms with E-state index in [0.29, 0.717) is 36.4 Å². The number of carbonyl (C=O) groups excluding carboxylic acids is 1. The van der Waals surface area contributed by atoms with Crippen LogP contribution in [-0.2, 0) is 25.0 Å². The summed E-state index contributed by atoms with van der Waals surface area (Å²) in [6, 6.07) is 9.89. The van der Waals surface area contributed by atoms with Crippen molar-refractivity contribution in [3.8, 4) is 11.8 Å². The molecule has 1 amide bonds. The highest BCUT2D eigenvalue weighted by molar-refractivity contribution is 7.86. The molecule has 0 aliphatic carbocycles. The maximum Gasteiger partial charge on any atom is 0.294 e. The maximum absolute atomic E-state index is 12.0. The van der Waals surface area contributed by atoms with Gasteiger partial charge in [0.1, 0.15) is 17.3 Å². The Morgan fingerprint density at radius 2 is 1.81 bits per heavy atom. The van der Waals surface area contributed by atoms with E-state index < -0.39 is 20.2 Å². The van der Waals surface area contributed by atoms with Crippen molar-refractivity contribution in [2.45, 2.75) is 45.4 Å². The molecule has 42 heavy (non-hydrogen) atoms. The highest BCUT2D eigenvalue weighted by Gasteiger charge is 2.20. The Bertz CT molecular complexity index is 1780. The number of nitriles is 1. The van der Waals surface area contributed by atoms with E-state index in [1.807, 2.05) is 17.9 Å². The number of hydrogen-bond donors (Lipinski definition) is 3. The van der Waals surface area contributed by atoms with Gasteiger partial charge in [-0.15, -0.1) is 10.2 Å². The van der Waals surface area contributed by atoms with Crippen LogP contribution in [-0.4, -0.2) is 60.5 Å². The SMILES string of the molecule is CCN(CCCCS(=O)(=O)O)c1ccc(N=Nc2c(C#N)cnn2-c2cc(C)c(S(=O)(=O)O)cc2C)c(NC(C)=O)c1. The van der Waals surface area contributed by atoms with Gasteiger partial charge in [0.25, 0.3) is 20.2 Å². The quantitative estimate of drug-likeness (QED) is 0.147. The fourth-order valence-corrected chi connectivity index (χ4v) is 5.59. The number of nitrogens with one attached hydrogen (secondary N) is 1. The molecule has 0 atom stereocenters. The van der Waals surface area contributed by atoms with E-state index in [-0.39, 0.29) is 45.6 Å². The Morgan fingerprint density at radius 1 is 1.10 bits per heavy atom. The number of azo groups is 1. The smallest absolute Gasteiger partial charge is 0.294 e. The molecular formula is C26H31N7O7S2. The molecule has 0 unspecified atom stereocenters. The van der Waals surface area contributed by atoms with Gasteiger partial charge in [0.15, 0.2) is 5.82 Å². The van der Waals surface area contributed by atoms with Crippen molar-refractivity contribution >= 4 is 49.0 Å². The Balaban J connectivity index is 1.99. The van der Waals surface area contributed by atoms with Gasteiger partial charge in [0.2, 0.25) is 5.91 Å². The van der Waals surface area contributed by atoms with Gasteiger partial charge in [-0.1, -0.05) is 0 Å². The van der Waals surface area contributed by atoms with E-state index >= 15 is 0 Å². The zero-order valence-corrected chi connectivity index (χ0v) is 25.1. The van der Waals surface area contributed by atoms with Crippen molar-refractivity contribution < 1.29 is 30.7 Å². The van der Waals surface area contributed by atoms with Crippen molar-refractivity contribution in [1.29, 1.82) is 5.26 Å². The number of aromatic nitrogens is 2. The second-order valence-electron chi connectivity index (χ2n) is 9.44. The van der Waals surface area contributed by atoms with Gasteiger partial charge in [-0.3, -0.25) is 13.9 Å². The van der Waals surface area contributed by atoms with Gasteiger partial charge >= 0.3 is 0 Å². The third-order valence-electron chi connectivity index (χ3n) is 6.23. The predicted molar refractivity (Wildman–Crippen MR) is 156 cm³/mol. The molecule has 16 heteroatoms. The molecule has 0 spiro atoms. The van der Waals surface area contributed by atoms with E-state index in [9.17, 15) is 31.4 Å². The van der Waals surface area contributed by atoms with Crippen LogP contribution in [0.2, 0.25) is 0 Å². The monoisotopic (exact) mass is 617 g/mol. The summed E-state index contributed by atoms with van der Waals surface area (Å²) in [5.74, 6) is -0.620. The summed E-state index contributed by atoms with van der Waals surface area (Å²) in [6.45, 7) is 7.49. The molecule has 224 valence electrons. The molecule has 2 aromatic carbocycles. The minimum Gasteiger partial charge on any atom is -0.372 e. The maximum atomic E-state index is 12.0. The first-order valence-electron chi connectivity index (χ1n) is 12.7. The molecule has 0 bridgehead atoms. The van der Waals surface area contributed by atoms with Crippen LogP contribution in [0, 0.1) is 25.2 Å². The molecule has 0 radical (unpaired) electrons. The lowest BCUT2D eigenvalue weighted by molar-refractivity contribution is -0.114. The highest BCUT2D eigenvalue weighted by atomic mass is 32.2. The molecule has 1 aromatic heterocycles. The summed E-state index contributed by atoms with van der Waals surface area (Å²) in [6.07, 6.45) is 2.08. The Kier molecular flexibility index (Phi) is 10.2. The standard InChI is InChI=1S/C26H31N7O7S2/c1-5-32(10-6-7-11-41(35,36)37)21-8-9-22(23(14-21)29-19(4)34)30-31-26-20(15-27)16-28-33(26)24-12-18(3)25(13-17(24)2)42(38,39)40/h8-9,12-14,16H,5-7,10-11H2,1-4H3,(H,29,34)(H,35,36,37)(H,38,39,40).